The van der Waals surface area contributed by atoms with E-state index in [2.05, 4.69) is 32.2 Å². The summed E-state index contributed by atoms with van der Waals surface area (Å²) in [5.74, 6) is -2.14. The molecule has 2 heterocycles. The number of methoxy groups -OCH3 is 1. The molecule has 2 unspecified atom stereocenters. The summed E-state index contributed by atoms with van der Waals surface area (Å²) in [6.45, 7) is 3.44. The van der Waals surface area contributed by atoms with E-state index in [1.54, 1.807) is 24.4 Å². The van der Waals surface area contributed by atoms with Gasteiger partial charge in [-0.05, 0) is 43.0 Å². The van der Waals surface area contributed by atoms with Crippen LogP contribution in [0.15, 0.2) is 48.7 Å². The van der Waals surface area contributed by atoms with Gasteiger partial charge in [-0.2, -0.15) is 0 Å². The lowest BCUT2D eigenvalue weighted by atomic mass is 9.93. The number of anilines is 2. The fourth-order valence-corrected chi connectivity index (χ4v) is 5.85. The van der Waals surface area contributed by atoms with E-state index in [1.165, 1.54) is 13.2 Å². The van der Waals surface area contributed by atoms with Crippen molar-refractivity contribution in [3.63, 3.8) is 0 Å². The number of nitrogens with one attached hydrogen (secondary N) is 3. The van der Waals surface area contributed by atoms with Crippen molar-refractivity contribution in [1.82, 2.24) is 15.2 Å². The number of amides is 3. The Labute approximate surface area is 266 Å². The Balaban J connectivity index is 1.36. The number of piperidine rings is 1. The first-order valence-corrected chi connectivity index (χ1v) is 16.6. The number of aromatic nitrogens is 1. The highest BCUT2D eigenvalue weighted by molar-refractivity contribution is 7.92. The summed E-state index contributed by atoms with van der Waals surface area (Å²) in [4.78, 5) is 30.9. The van der Waals surface area contributed by atoms with E-state index in [4.69, 9.17) is 15.2 Å². The lowest BCUT2D eigenvalue weighted by Crippen LogP contribution is -2.50. The molecule has 46 heavy (non-hydrogen) atoms. The molecule has 5 N–H and O–H groups in total. The van der Waals surface area contributed by atoms with E-state index in [1.807, 2.05) is 6.07 Å². The first kappa shape index (κ1) is 34.4. The van der Waals surface area contributed by atoms with Gasteiger partial charge in [0.15, 0.2) is 11.5 Å². The number of pyridine rings is 1. The minimum Gasteiger partial charge on any atom is -0.493 e. The van der Waals surface area contributed by atoms with Gasteiger partial charge >= 0.3 is 6.03 Å². The van der Waals surface area contributed by atoms with Gasteiger partial charge in [-0.3, -0.25) is 14.4 Å². The number of rotatable bonds is 13. The van der Waals surface area contributed by atoms with Crippen molar-refractivity contribution in [3.8, 4) is 17.4 Å². The largest absolute Gasteiger partial charge is 0.493 e. The summed E-state index contributed by atoms with van der Waals surface area (Å²) in [5, 5.41) is 5.24. The Bertz CT molecular complexity index is 1660. The molecule has 248 valence electrons. The number of hydrogen-bond donors (Lipinski definition) is 4. The van der Waals surface area contributed by atoms with Crippen LogP contribution in [0.4, 0.5) is 25.0 Å². The average molecular weight is 661 g/mol. The molecule has 3 amide bonds. The van der Waals surface area contributed by atoms with Crippen molar-refractivity contribution in [1.29, 1.82) is 0 Å². The number of halogens is 2. The lowest BCUT2D eigenvalue weighted by Gasteiger charge is -2.40. The molecule has 0 aliphatic carbocycles. The number of nitrogens with zero attached hydrogens (tertiary/aromatic N) is 2. The number of benzene rings is 2. The normalized spacial score (nSPS) is 16.8. The van der Waals surface area contributed by atoms with Gasteiger partial charge in [-0.15, -0.1) is 0 Å². The second-order valence-electron chi connectivity index (χ2n) is 11.1. The van der Waals surface area contributed by atoms with Crippen molar-refractivity contribution < 1.29 is 36.3 Å². The smallest absolute Gasteiger partial charge is 0.319 e. The van der Waals surface area contributed by atoms with E-state index >= 15 is 0 Å². The number of likely N-dealkylation sites (tertiary alicyclic amines) is 1. The highest BCUT2D eigenvalue weighted by Gasteiger charge is 2.29. The highest BCUT2D eigenvalue weighted by Crippen LogP contribution is 2.34. The Morgan fingerprint density at radius 2 is 1.89 bits per heavy atom. The number of nitrogens with two attached hydrogens (primary N) is 1. The van der Waals surface area contributed by atoms with E-state index in [9.17, 15) is 26.8 Å². The van der Waals surface area contributed by atoms with Crippen LogP contribution < -0.4 is 30.6 Å². The zero-order valence-electron chi connectivity index (χ0n) is 25.8. The molecule has 3 aromatic rings. The van der Waals surface area contributed by atoms with Crippen molar-refractivity contribution in [2.24, 2.45) is 5.73 Å². The molecule has 12 nitrogen and oxygen atoms in total. The molecule has 2 aromatic carbocycles. The highest BCUT2D eigenvalue weighted by atomic mass is 32.2. The molecule has 1 saturated heterocycles. The zero-order chi connectivity index (χ0) is 33.4. The van der Waals surface area contributed by atoms with Crippen LogP contribution in [0.5, 0.6) is 17.4 Å². The maximum absolute atomic E-state index is 14.2. The Morgan fingerprint density at radius 3 is 2.54 bits per heavy atom. The quantitative estimate of drug-likeness (QED) is 0.199. The van der Waals surface area contributed by atoms with Gasteiger partial charge in [0.05, 0.1) is 30.3 Å². The van der Waals surface area contributed by atoms with Gasteiger partial charge in [0, 0.05) is 49.6 Å². The molecule has 2 atom stereocenters. The lowest BCUT2D eigenvalue weighted by molar-refractivity contribution is 0.0996. The monoisotopic (exact) mass is 660 g/mol. The molecule has 0 spiro atoms. The molecule has 0 radical (unpaired) electrons. The van der Waals surface area contributed by atoms with Crippen molar-refractivity contribution in [3.05, 3.63) is 71.4 Å². The third kappa shape index (κ3) is 9.50. The fraction of sp³-hybridized carbons (Fsp3) is 0.387. The molecule has 0 saturated carbocycles. The number of urea groups is 1. The Hall–Kier alpha value is -4.50. The summed E-state index contributed by atoms with van der Waals surface area (Å²) in [5.41, 5.74) is 5.59. The van der Waals surface area contributed by atoms with E-state index in [-0.39, 0.29) is 17.8 Å². The molecular weight excluding hydrogens is 622 g/mol. The summed E-state index contributed by atoms with van der Waals surface area (Å²) < 4.78 is 64.8. The average Bonchev–Trinajstić information content (AvgIpc) is 2.99. The van der Waals surface area contributed by atoms with Crippen molar-refractivity contribution in [2.45, 2.75) is 57.7 Å². The third-order valence-corrected chi connectivity index (χ3v) is 8.11. The number of sulfonamides is 1. The standard InChI is InChI=1S/C31H38F2N6O6S/c1-4-5-6-22-13-20(36-31(41)37-26-15-23(30(34)40)24(32)16-25(26)33)11-12-39(22)18-19-7-10-29(35-17-19)45-27-9-8-21(14-28(27)44-2)38-46(3,42)43/h7-10,14-17,20,22,38H,4-6,11-13,18H2,1-3H3,(H2,34,40)(H2,36,37,41). The zero-order valence-corrected chi connectivity index (χ0v) is 26.6. The minimum absolute atomic E-state index is 0.169. The maximum atomic E-state index is 14.2. The number of primary amides is 1. The third-order valence-electron chi connectivity index (χ3n) is 7.50. The van der Waals surface area contributed by atoms with Crippen molar-refractivity contribution >= 4 is 33.3 Å². The van der Waals surface area contributed by atoms with Crippen LogP contribution in [0.1, 0.15) is 54.9 Å². The predicted molar refractivity (Wildman–Crippen MR) is 170 cm³/mol. The SMILES string of the molecule is CCCCC1CC(NC(=O)Nc2cc(C(N)=O)c(F)cc2F)CCN1Cc1ccc(Oc2ccc(NS(C)(=O)=O)cc2OC)nc1. The van der Waals surface area contributed by atoms with Gasteiger partial charge in [0.1, 0.15) is 11.6 Å². The molecule has 1 aliphatic rings. The first-order chi connectivity index (χ1) is 21.8. The maximum Gasteiger partial charge on any atom is 0.319 e. The van der Waals surface area contributed by atoms with Crippen LogP contribution in [0.2, 0.25) is 0 Å². The molecule has 1 aromatic heterocycles. The number of hydrogen-bond acceptors (Lipinski definition) is 8. The summed E-state index contributed by atoms with van der Waals surface area (Å²) in [6.07, 6.45) is 7.04. The van der Waals surface area contributed by atoms with Crippen LogP contribution in [-0.2, 0) is 16.6 Å². The number of carbonyl (C=O) groups is 2. The van der Waals surface area contributed by atoms with E-state index in [0.29, 0.717) is 55.1 Å². The van der Waals surface area contributed by atoms with E-state index in [0.717, 1.165) is 37.1 Å². The topological polar surface area (TPSA) is 165 Å². The van der Waals surface area contributed by atoms with Crippen LogP contribution >= 0.6 is 0 Å². The molecule has 1 aliphatic heterocycles. The van der Waals surface area contributed by atoms with Gasteiger partial charge in [0.25, 0.3) is 5.91 Å². The van der Waals surface area contributed by atoms with Crippen molar-refractivity contribution in [2.75, 3.05) is 29.9 Å². The second kappa shape index (κ2) is 15.2. The van der Waals surface area contributed by atoms with Gasteiger partial charge in [-0.1, -0.05) is 25.8 Å². The Morgan fingerprint density at radius 1 is 1.11 bits per heavy atom. The molecule has 15 heteroatoms. The Kier molecular flexibility index (Phi) is 11.4. The van der Waals surface area contributed by atoms with Crippen LogP contribution in [0, 0.1) is 11.6 Å². The molecule has 4 rings (SSSR count). The summed E-state index contributed by atoms with van der Waals surface area (Å²) >= 11 is 0. The van der Waals surface area contributed by atoms with Crippen LogP contribution in [0.25, 0.3) is 0 Å². The number of carbonyl (C=O) groups excluding carboxylic acids is 2. The summed E-state index contributed by atoms with van der Waals surface area (Å²) in [6, 6.07) is 9.06. The second-order valence-corrected chi connectivity index (χ2v) is 12.9. The first-order valence-electron chi connectivity index (χ1n) is 14.7. The van der Waals surface area contributed by atoms with Gasteiger partial charge < -0.3 is 25.8 Å². The fourth-order valence-electron chi connectivity index (χ4n) is 5.30. The molecular formula is C31H38F2N6O6S. The minimum atomic E-state index is -3.45. The number of unbranched alkanes of at least 4 members (excludes halogenated alkanes) is 1. The van der Waals surface area contributed by atoms with Crippen LogP contribution in [0.3, 0.4) is 0 Å². The number of ether oxygens (including phenoxy) is 2. The van der Waals surface area contributed by atoms with Crippen LogP contribution in [-0.4, -0.2) is 62.2 Å². The summed E-state index contributed by atoms with van der Waals surface area (Å²) in [7, 11) is -1.99. The van der Waals surface area contributed by atoms with Gasteiger partial charge in [-0.25, -0.2) is 27.0 Å². The molecule has 1 fully saturated rings. The predicted octanol–water partition coefficient (Wildman–Crippen LogP) is 4.98. The van der Waals surface area contributed by atoms with E-state index < -0.39 is 39.2 Å². The molecule has 0 bridgehead atoms. The van der Waals surface area contributed by atoms with Gasteiger partial charge in [0.2, 0.25) is 15.9 Å².